The van der Waals surface area contributed by atoms with Crippen molar-refractivity contribution in [1.29, 1.82) is 0 Å². The number of oxime groups is 1. The fraction of sp³-hybridized carbons (Fsp3) is 0.333. The van der Waals surface area contributed by atoms with Crippen molar-refractivity contribution in [2.75, 3.05) is 20.3 Å². The molecule has 0 aliphatic carbocycles. The van der Waals surface area contributed by atoms with Gasteiger partial charge in [-0.2, -0.15) is 0 Å². The Morgan fingerprint density at radius 1 is 1.14 bits per heavy atom. The van der Waals surface area contributed by atoms with Crippen LogP contribution in [-0.2, 0) is 4.84 Å². The molecule has 35 heavy (non-hydrogen) atoms. The average molecular weight is 479 g/mol. The lowest BCUT2D eigenvalue weighted by atomic mass is 9.93. The second kappa shape index (κ2) is 9.90. The molecule has 2 aliphatic rings. The smallest absolute Gasteiger partial charge is 0.171 e. The third-order valence-corrected chi connectivity index (χ3v) is 6.50. The Labute approximate surface area is 203 Å². The summed E-state index contributed by atoms with van der Waals surface area (Å²) in [6, 6.07) is 9.61. The van der Waals surface area contributed by atoms with Crippen molar-refractivity contribution in [3.05, 3.63) is 83.0 Å². The summed E-state index contributed by atoms with van der Waals surface area (Å²) in [5.41, 5.74) is 4.30. The maximum Gasteiger partial charge on any atom is 0.171 e. The maximum absolute atomic E-state index is 14.8. The normalized spacial score (nSPS) is 20.9. The molecule has 6 nitrogen and oxygen atoms in total. The van der Waals surface area contributed by atoms with Crippen molar-refractivity contribution in [1.82, 2.24) is 14.5 Å². The lowest BCUT2D eigenvalue weighted by Crippen LogP contribution is -2.41. The molecule has 2 aromatic carbocycles. The number of halogens is 2. The first-order chi connectivity index (χ1) is 17.0. The zero-order chi connectivity index (χ0) is 24.4. The van der Waals surface area contributed by atoms with E-state index in [1.165, 1.54) is 6.07 Å². The molecule has 8 heteroatoms. The van der Waals surface area contributed by atoms with Gasteiger partial charge in [0.15, 0.2) is 5.84 Å². The number of aryl methyl sites for hydroxylation is 1. The van der Waals surface area contributed by atoms with E-state index in [0.717, 1.165) is 60.1 Å². The molecule has 1 unspecified atom stereocenters. The number of benzene rings is 2. The summed E-state index contributed by atoms with van der Waals surface area (Å²) >= 11 is 0. The second-order valence-electron chi connectivity index (χ2n) is 8.89. The van der Waals surface area contributed by atoms with E-state index < -0.39 is 11.6 Å². The molecular weight excluding hydrogens is 450 g/mol. The number of methoxy groups -OCH3 is 1. The van der Waals surface area contributed by atoms with E-state index >= 15 is 0 Å². The van der Waals surface area contributed by atoms with Crippen LogP contribution in [0.2, 0.25) is 0 Å². The van der Waals surface area contributed by atoms with Crippen molar-refractivity contribution in [2.45, 2.75) is 38.6 Å². The Balaban J connectivity index is 1.50. The number of piperidine rings is 1. The summed E-state index contributed by atoms with van der Waals surface area (Å²) in [6.45, 7) is 3.12. The van der Waals surface area contributed by atoms with E-state index in [9.17, 15) is 8.78 Å². The predicted octanol–water partition coefficient (Wildman–Crippen LogP) is 5.81. The molecule has 0 saturated carbocycles. The summed E-state index contributed by atoms with van der Waals surface area (Å²) in [5.74, 6) is 0.336. The quantitative estimate of drug-likeness (QED) is 0.475. The number of nitrogens with zero attached hydrogens (tertiary/aromatic N) is 4. The van der Waals surface area contributed by atoms with Gasteiger partial charge in [-0.25, -0.2) is 13.8 Å². The molecule has 1 atom stereocenters. The highest BCUT2D eigenvalue weighted by atomic mass is 19.1. The second-order valence-corrected chi connectivity index (χ2v) is 8.89. The van der Waals surface area contributed by atoms with E-state index in [4.69, 9.17) is 9.57 Å². The predicted molar refractivity (Wildman–Crippen MR) is 130 cm³/mol. The van der Waals surface area contributed by atoms with Crippen LogP contribution in [0.1, 0.15) is 48.5 Å². The number of hydrogen-bond acceptors (Lipinski definition) is 5. The zero-order valence-corrected chi connectivity index (χ0v) is 19.9. The van der Waals surface area contributed by atoms with Crippen molar-refractivity contribution in [2.24, 2.45) is 5.16 Å². The summed E-state index contributed by atoms with van der Waals surface area (Å²) < 4.78 is 35.9. The number of rotatable bonds is 4. The molecule has 0 spiro atoms. The molecule has 5 rings (SSSR count). The van der Waals surface area contributed by atoms with Crippen LogP contribution in [0, 0.1) is 18.6 Å². The monoisotopic (exact) mass is 478 g/mol. The molecule has 3 aromatic rings. The van der Waals surface area contributed by atoms with Gasteiger partial charge in [0, 0.05) is 24.4 Å². The summed E-state index contributed by atoms with van der Waals surface area (Å²) in [4.78, 5) is 12.0. The van der Waals surface area contributed by atoms with Gasteiger partial charge < -0.3 is 19.0 Å². The van der Waals surface area contributed by atoms with Gasteiger partial charge in [0.05, 0.1) is 30.9 Å². The van der Waals surface area contributed by atoms with Gasteiger partial charge in [0.25, 0.3) is 0 Å². The highest BCUT2D eigenvalue weighted by Crippen LogP contribution is 2.35. The Kier molecular flexibility index (Phi) is 6.53. The number of aromatic nitrogens is 2. The highest BCUT2D eigenvalue weighted by molar-refractivity contribution is 6.02. The Morgan fingerprint density at radius 2 is 2.03 bits per heavy atom. The van der Waals surface area contributed by atoms with Crippen LogP contribution >= 0.6 is 0 Å². The SMILES string of the molecule is COc1cc(/C=C2\CCCN3\C2=N/OCCCC3c2ccc(F)cc2F)ccc1-n1cnc(C)c1. The van der Waals surface area contributed by atoms with Crippen LogP contribution in [0.4, 0.5) is 8.78 Å². The average Bonchev–Trinajstić information content (AvgIpc) is 3.27. The molecule has 0 radical (unpaired) electrons. The lowest BCUT2D eigenvalue weighted by Gasteiger charge is -2.39. The van der Waals surface area contributed by atoms with E-state index in [2.05, 4.69) is 21.1 Å². The van der Waals surface area contributed by atoms with Crippen molar-refractivity contribution in [3.63, 3.8) is 0 Å². The summed E-state index contributed by atoms with van der Waals surface area (Å²) in [6.07, 6.45) is 8.95. The molecule has 2 aliphatic heterocycles. The first kappa shape index (κ1) is 23.1. The highest BCUT2D eigenvalue weighted by Gasteiger charge is 2.32. The number of imidazole rings is 1. The van der Waals surface area contributed by atoms with E-state index in [-0.39, 0.29) is 6.04 Å². The van der Waals surface area contributed by atoms with Gasteiger partial charge in [-0.05, 0) is 68.0 Å². The molecule has 3 heterocycles. The third-order valence-electron chi connectivity index (χ3n) is 6.50. The molecule has 0 bridgehead atoms. The van der Waals surface area contributed by atoms with Crippen LogP contribution in [0.5, 0.6) is 5.75 Å². The van der Waals surface area contributed by atoms with Gasteiger partial charge in [-0.3, -0.25) is 0 Å². The summed E-state index contributed by atoms with van der Waals surface area (Å²) in [7, 11) is 1.65. The molecule has 0 N–H and O–H groups in total. The molecular formula is C27H28F2N4O2. The minimum Gasteiger partial charge on any atom is -0.495 e. The van der Waals surface area contributed by atoms with Gasteiger partial charge in [-0.1, -0.05) is 17.3 Å². The standard InChI is InChI=1S/C27H28F2N4O2/c1-18-16-32(17-30-18)25-10-7-19(14-26(25)34-2)13-20-5-3-11-33-24(6-4-12-35-31-27(20)33)22-9-8-21(28)15-23(22)29/h7-10,13-17,24H,3-6,11-12H2,1-2H3/b20-13+,31-27-. The fourth-order valence-electron chi connectivity index (χ4n) is 4.84. The Bertz CT molecular complexity index is 1280. The third kappa shape index (κ3) is 4.78. The Morgan fingerprint density at radius 3 is 2.80 bits per heavy atom. The minimum atomic E-state index is -0.572. The molecule has 182 valence electrons. The first-order valence-electron chi connectivity index (χ1n) is 11.8. The summed E-state index contributed by atoms with van der Waals surface area (Å²) in [5, 5.41) is 4.45. The lowest BCUT2D eigenvalue weighted by molar-refractivity contribution is 0.111. The van der Waals surface area contributed by atoms with E-state index in [1.807, 2.05) is 35.9 Å². The number of fused-ring (bicyclic) bond motifs is 1. The Hall–Kier alpha value is -3.68. The van der Waals surface area contributed by atoms with Crippen LogP contribution in [0.25, 0.3) is 11.8 Å². The van der Waals surface area contributed by atoms with Crippen molar-refractivity contribution >= 4 is 11.9 Å². The first-order valence-corrected chi connectivity index (χ1v) is 11.8. The van der Waals surface area contributed by atoms with Gasteiger partial charge >= 0.3 is 0 Å². The van der Waals surface area contributed by atoms with Crippen molar-refractivity contribution < 1.29 is 18.4 Å². The largest absolute Gasteiger partial charge is 0.495 e. The van der Waals surface area contributed by atoms with Gasteiger partial charge in [0.2, 0.25) is 0 Å². The number of ether oxygens (including phenoxy) is 1. The molecule has 0 amide bonds. The van der Waals surface area contributed by atoms with Crippen LogP contribution in [0.15, 0.2) is 59.7 Å². The minimum absolute atomic E-state index is 0.233. The van der Waals surface area contributed by atoms with Crippen molar-refractivity contribution in [3.8, 4) is 11.4 Å². The molecule has 1 saturated heterocycles. The van der Waals surface area contributed by atoms with Gasteiger partial charge in [0.1, 0.15) is 24.0 Å². The maximum atomic E-state index is 14.8. The van der Waals surface area contributed by atoms with Crippen LogP contribution in [0.3, 0.4) is 0 Å². The van der Waals surface area contributed by atoms with Crippen LogP contribution < -0.4 is 4.74 Å². The fourth-order valence-corrected chi connectivity index (χ4v) is 4.84. The zero-order valence-electron chi connectivity index (χ0n) is 19.9. The topological polar surface area (TPSA) is 51.9 Å². The number of amidine groups is 1. The molecule has 1 fully saturated rings. The van der Waals surface area contributed by atoms with E-state index in [1.54, 1.807) is 19.5 Å². The van der Waals surface area contributed by atoms with E-state index in [0.29, 0.717) is 24.4 Å². The number of hydrogen-bond donors (Lipinski definition) is 0. The molecule has 1 aromatic heterocycles. The van der Waals surface area contributed by atoms with Crippen LogP contribution in [-0.4, -0.2) is 40.5 Å². The van der Waals surface area contributed by atoms with Gasteiger partial charge in [-0.15, -0.1) is 0 Å².